The summed E-state index contributed by atoms with van der Waals surface area (Å²) in [6.07, 6.45) is 63.8. The number of hydrogen-bond acceptors (Lipinski definition) is 15. The number of unbranched alkanes of at least 4 members (excludes halogenated alkanes) is 50. The molecule has 5 atom stereocenters. The molecule has 0 aliphatic rings. The number of phosphoric acid groups is 2. The van der Waals surface area contributed by atoms with Crippen LogP contribution in [0.15, 0.2) is 0 Å². The Labute approximate surface area is 632 Å². The molecule has 0 aromatic heterocycles. The zero-order valence-electron chi connectivity index (χ0n) is 67.8. The molecule has 0 bridgehead atoms. The first-order valence-electron chi connectivity index (χ1n) is 43.3. The minimum absolute atomic E-state index is 0.107. The molecule has 103 heavy (non-hydrogen) atoms. The van der Waals surface area contributed by atoms with Gasteiger partial charge in [0.2, 0.25) is 0 Å². The standard InChI is InChI=1S/C84H164O17P2/c1-8-9-10-11-12-13-14-15-16-17-18-21-26-31-36-44-51-58-65-81(86)94-71-79(100-83(88)67-60-53-46-37-32-27-22-19-20-24-29-34-41-48-55-62-75(2)3)73-98-102(90,91)96-69-78(85)70-97-103(92,93)99-74-80(72-95-82(87)66-59-52-45-40-39-43-50-57-64-77(6)7)101-84(89)68-61-54-47-38-33-28-23-25-30-35-42-49-56-63-76(4)5/h75-80,85H,8-74H2,1-7H3,(H,90,91)(H,92,93)/t78-,79-,80-/m1/s1. The Bertz CT molecular complexity index is 1990. The van der Waals surface area contributed by atoms with Crippen molar-refractivity contribution in [3.05, 3.63) is 0 Å². The Kier molecular flexibility index (Phi) is 72.8. The van der Waals surface area contributed by atoms with Crippen LogP contribution in [-0.4, -0.2) is 96.7 Å². The molecular formula is C84H164O17P2. The fourth-order valence-corrected chi connectivity index (χ4v) is 14.6. The van der Waals surface area contributed by atoms with Crippen molar-refractivity contribution in [2.45, 2.75) is 458 Å². The van der Waals surface area contributed by atoms with Crippen molar-refractivity contribution in [1.82, 2.24) is 0 Å². The monoisotopic (exact) mass is 1510 g/mol. The number of phosphoric ester groups is 2. The third kappa shape index (κ3) is 78.0. The zero-order valence-corrected chi connectivity index (χ0v) is 69.6. The molecule has 612 valence electrons. The van der Waals surface area contributed by atoms with Crippen LogP contribution in [-0.2, 0) is 65.4 Å². The topological polar surface area (TPSA) is 237 Å². The first-order valence-corrected chi connectivity index (χ1v) is 46.3. The second kappa shape index (κ2) is 74.2. The van der Waals surface area contributed by atoms with Gasteiger partial charge in [-0.3, -0.25) is 37.3 Å². The number of ether oxygens (including phenoxy) is 4. The van der Waals surface area contributed by atoms with Gasteiger partial charge < -0.3 is 33.8 Å². The third-order valence-corrected chi connectivity index (χ3v) is 21.5. The van der Waals surface area contributed by atoms with Gasteiger partial charge in [0.15, 0.2) is 12.2 Å². The lowest BCUT2D eigenvalue weighted by Gasteiger charge is -2.21. The van der Waals surface area contributed by atoms with Crippen LogP contribution in [0.2, 0.25) is 0 Å². The smallest absolute Gasteiger partial charge is 0.462 e. The number of aliphatic hydroxyl groups is 1. The quantitative estimate of drug-likeness (QED) is 0.0222. The number of carbonyl (C=O) groups is 4. The molecule has 0 spiro atoms. The van der Waals surface area contributed by atoms with Gasteiger partial charge in [0.05, 0.1) is 26.4 Å². The van der Waals surface area contributed by atoms with Crippen LogP contribution in [0, 0.1) is 17.8 Å². The van der Waals surface area contributed by atoms with E-state index in [4.69, 9.17) is 37.0 Å². The van der Waals surface area contributed by atoms with E-state index in [-0.39, 0.29) is 25.7 Å². The van der Waals surface area contributed by atoms with Crippen molar-refractivity contribution < 1.29 is 80.2 Å². The normalized spacial score (nSPS) is 13.9. The lowest BCUT2D eigenvalue weighted by Crippen LogP contribution is -2.30. The molecular weight excluding hydrogens is 1340 g/mol. The van der Waals surface area contributed by atoms with Gasteiger partial charge in [-0.1, -0.05) is 389 Å². The maximum atomic E-state index is 13.1. The first-order chi connectivity index (χ1) is 49.7. The highest BCUT2D eigenvalue weighted by molar-refractivity contribution is 7.47. The summed E-state index contributed by atoms with van der Waals surface area (Å²) in [6.45, 7) is 12.0. The molecule has 19 heteroatoms. The predicted molar refractivity (Wildman–Crippen MR) is 423 cm³/mol. The molecule has 0 amide bonds. The van der Waals surface area contributed by atoms with E-state index in [2.05, 4.69) is 48.5 Å². The fourth-order valence-electron chi connectivity index (χ4n) is 13.0. The Morgan fingerprint density at radius 2 is 0.447 bits per heavy atom. The summed E-state index contributed by atoms with van der Waals surface area (Å²) in [6, 6.07) is 0. The summed E-state index contributed by atoms with van der Waals surface area (Å²) < 4.78 is 68.8. The van der Waals surface area contributed by atoms with Crippen LogP contribution in [0.5, 0.6) is 0 Å². The fraction of sp³-hybridized carbons (Fsp3) is 0.952. The molecule has 0 rings (SSSR count). The summed E-state index contributed by atoms with van der Waals surface area (Å²) in [5, 5.41) is 10.7. The van der Waals surface area contributed by atoms with Crippen LogP contribution in [0.25, 0.3) is 0 Å². The van der Waals surface area contributed by atoms with Crippen LogP contribution in [0.3, 0.4) is 0 Å². The Hall–Kier alpha value is -1.94. The van der Waals surface area contributed by atoms with Crippen molar-refractivity contribution in [3.8, 4) is 0 Å². The number of aliphatic hydroxyl groups excluding tert-OH is 1. The average molecular weight is 1510 g/mol. The molecule has 0 aromatic carbocycles. The third-order valence-electron chi connectivity index (χ3n) is 19.6. The molecule has 0 fully saturated rings. The van der Waals surface area contributed by atoms with Gasteiger partial charge in [-0.05, 0) is 43.4 Å². The molecule has 3 N–H and O–H groups in total. The van der Waals surface area contributed by atoms with Gasteiger partial charge in [0, 0.05) is 25.7 Å². The second-order valence-corrected chi connectivity index (χ2v) is 34.6. The van der Waals surface area contributed by atoms with E-state index >= 15 is 0 Å². The Balaban J connectivity index is 5.25. The zero-order chi connectivity index (χ0) is 75.8. The molecule has 0 aliphatic carbocycles. The van der Waals surface area contributed by atoms with E-state index in [1.807, 2.05) is 0 Å². The largest absolute Gasteiger partial charge is 0.472 e. The van der Waals surface area contributed by atoms with Gasteiger partial charge in [-0.2, -0.15) is 0 Å². The van der Waals surface area contributed by atoms with Crippen LogP contribution < -0.4 is 0 Å². The summed E-state index contributed by atoms with van der Waals surface area (Å²) in [5.41, 5.74) is 0. The summed E-state index contributed by atoms with van der Waals surface area (Å²) >= 11 is 0. The lowest BCUT2D eigenvalue weighted by atomic mass is 10.0. The van der Waals surface area contributed by atoms with Gasteiger partial charge in [-0.15, -0.1) is 0 Å². The SMILES string of the molecule is CCCCCCCCCCCCCCCCCCCCC(=O)OC[C@H](COP(=O)(O)OC[C@@H](O)COP(=O)(O)OC[C@@H](COC(=O)CCCCCCCCCCC(C)C)OC(=O)CCCCCCCCCCCCCCCC(C)C)OC(=O)CCCCCCCCCCCCCCCCCC(C)C. The summed E-state index contributed by atoms with van der Waals surface area (Å²) in [7, 11) is -9.93. The molecule has 0 saturated heterocycles. The van der Waals surface area contributed by atoms with Crippen LogP contribution in [0.4, 0.5) is 0 Å². The van der Waals surface area contributed by atoms with Gasteiger partial charge >= 0.3 is 39.5 Å². The van der Waals surface area contributed by atoms with Crippen molar-refractivity contribution in [2.24, 2.45) is 17.8 Å². The van der Waals surface area contributed by atoms with Crippen molar-refractivity contribution in [2.75, 3.05) is 39.6 Å². The van der Waals surface area contributed by atoms with E-state index < -0.39 is 97.5 Å². The predicted octanol–water partition coefficient (Wildman–Crippen LogP) is 25.3. The maximum Gasteiger partial charge on any atom is 0.472 e. The number of carbonyl (C=O) groups excluding carboxylic acids is 4. The van der Waals surface area contributed by atoms with Crippen LogP contribution >= 0.6 is 15.6 Å². The maximum absolute atomic E-state index is 13.1. The van der Waals surface area contributed by atoms with Crippen molar-refractivity contribution in [1.29, 1.82) is 0 Å². The first kappa shape index (κ1) is 101. The minimum atomic E-state index is -4.96. The average Bonchev–Trinajstić information content (AvgIpc) is 0.923. The molecule has 2 unspecified atom stereocenters. The van der Waals surface area contributed by atoms with E-state index in [0.29, 0.717) is 25.7 Å². The van der Waals surface area contributed by atoms with E-state index in [0.717, 1.165) is 108 Å². The lowest BCUT2D eigenvalue weighted by molar-refractivity contribution is -0.161. The Morgan fingerprint density at radius 1 is 0.262 bits per heavy atom. The molecule has 0 radical (unpaired) electrons. The number of esters is 4. The molecule has 0 heterocycles. The molecule has 0 aromatic rings. The summed E-state index contributed by atoms with van der Waals surface area (Å²) in [5.74, 6) is 0.209. The van der Waals surface area contributed by atoms with Crippen molar-refractivity contribution >= 4 is 39.5 Å². The van der Waals surface area contributed by atoms with Gasteiger partial charge in [-0.25, -0.2) is 9.13 Å². The Morgan fingerprint density at radius 3 is 0.660 bits per heavy atom. The second-order valence-electron chi connectivity index (χ2n) is 31.6. The number of hydrogen-bond donors (Lipinski definition) is 3. The summed E-state index contributed by atoms with van der Waals surface area (Å²) in [4.78, 5) is 73.2. The van der Waals surface area contributed by atoms with Gasteiger partial charge in [0.1, 0.15) is 19.3 Å². The highest BCUT2D eigenvalue weighted by Gasteiger charge is 2.30. The molecule has 0 saturated carbocycles. The van der Waals surface area contributed by atoms with E-state index in [1.165, 1.54) is 250 Å². The van der Waals surface area contributed by atoms with Crippen molar-refractivity contribution in [3.63, 3.8) is 0 Å². The minimum Gasteiger partial charge on any atom is -0.462 e. The number of rotatable bonds is 82. The highest BCUT2D eigenvalue weighted by Crippen LogP contribution is 2.45. The van der Waals surface area contributed by atoms with E-state index in [9.17, 15) is 43.2 Å². The van der Waals surface area contributed by atoms with Gasteiger partial charge in [0.25, 0.3) is 0 Å². The molecule has 17 nitrogen and oxygen atoms in total. The highest BCUT2D eigenvalue weighted by atomic mass is 31.2. The van der Waals surface area contributed by atoms with E-state index in [1.54, 1.807) is 0 Å². The van der Waals surface area contributed by atoms with Crippen LogP contribution in [0.1, 0.15) is 440 Å². The molecule has 0 aliphatic heterocycles.